The van der Waals surface area contributed by atoms with Crippen LogP contribution < -0.4 is 16.1 Å². The number of pyridine rings is 2. The van der Waals surface area contributed by atoms with Crippen LogP contribution >= 0.6 is 0 Å². The SMILES string of the molecule is CC(CN)=C1CCCN(c2nc3c(cc2F)c(=O)c(C(=O)O)cn3C2CC2)C1.O=C(O)C(F)(F)F. The minimum atomic E-state index is -5.08. The highest BCUT2D eigenvalue weighted by atomic mass is 19.4. The standard InChI is InChI=1S/C20H23FN4O3.C2HF3O2/c1-11(8-22)12-3-2-6-24(9-12)19-16(21)7-14-17(26)15(20(27)28)10-25(13-4-5-13)18(14)23-19;3-2(4,5)1(6)7/h7,10,13H,2-6,8-9,22H2,1H3,(H,27,28);(H,6,7). The van der Waals surface area contributed by atoms with Gasteiger partial charge in [0.25, 0.3) is 0 Å². The number of hydrogen-bond donors (Lipinski definition) is 3. The number of nitrogens with zero attached hydrogens (tertiary/aromatic N) is 3. The van der Waals surface area contributed by atoms with Gasteiger partial charge in [-0.3, -0.25) is 4.79 Å². The number of carboxylic acid groups (broad SMARTS) is 2. The molecular formula is C22H24F4N4O5. The van der Waals surface area contributed by atoms with Crippen LogP contribution in [-0.4, -0.2) is 57.5 Å². The topological polar surface area (TPSA) is 139 Å². The van der Waals surface area contributed by atoms with Crippen LogP contribution in [0.4, 0.5) is 23.4 Å². The minimum absolute atomic E-state index is 0.0129. The second-order valence-electron chi connectivity index (χ2n) is 8.40. The van der Waals surface area contributed by atoms with Crippen molar-refractivity contribution in [2.24, 2.45) is 5.73 Å². The Labute approximate surface area is 196 Å². The number of halogens is 4. The fourth-order valence-corrected chi connectivity index (χ4v) is 3.79. The van der Waals surface area contributed by atoms with E-state index in [1.54, 1.807) is 4.57 Å². The van der Waals surface area contributed by atoms with Crippen LogP contribution in [0.3, 0.4) is 0 Å². The van der Waals surface area contributed by atoms with Crippen molar-refractivity contribution in [1.29, 1.82) is 0 Å². The lowest BCUT2D eigenvalue weighted by Gasteiger charge is -2.31. The van der Waals surface area contributed by atoms with E-state index in [1.807, 2.05) is 11.8 Å². The summed E-state index contributed by atoms with van der Waals surface area (Å²) in [5.41, 5.74) is 7.35. The zero-order valence-electron chi connectivity index (χ0n) is 18.7. The van der Waals surface area contributed by atoms with E-state index in [0.717, 1.165) is 37.3 Å². The van der Waals surface area contributed by atoms with Gasteiger partial charge in [-0.05, 0) is 38.7 Å². The molecule has 0 aromatic carbocycles. The lowest BCUT2D eigenvalue weighted by molar-refractivity contribution is -0.192. The molecule has 1 aliphatic carbocycles. The summed E-state index contributed by atoms with van der Waals surface area (Å²) in [4.78, 5) is 39.3. The summed E-state index contributed by atoms with van der Waals surface area (Å²) < 4.78 is 48.4. The van der Waals surface area contributed by atoms with E-state index in [-0.39, 0.29) is 22.8 Å². The van der Waals surface area contributed by atoms with Crippen molar-refractivity contribution in [2.75, 3.05) is 24.5 Å². The van der Waals surface area contributed by atoms with E-state index in [2.05, 4.69) is 4.98 Å². The van der Waals surface area contributed by atoms with Crippen molar-refractivity contribution in [1.82, 2.24) is 9.55 Å². The van der Waals surface area contributed by atoms with E-state index in [4.69, 9.17) is 15.6 Å². The first-order valence-electron chi connectivity index (χ1n) is 10.8. The molecule has 1 saturated carbocycles. The van der Waals surface area contributed by atoms with Crippen LogP contribution in [0.2, 0.25) is 0 Å². The van der Waals surface area contributed by atoms with Gasteiger partial charge in [0.15, 0.2) is 11.6 Å². The number of carboxylic acids is 2. The molecule has 4 rings (SSSR count). The van der Waals surface area contributed by atoms with Gasteiger partial charge in [-0.1, -0.05) is 11.1 Å². The second-order valence-corrected chi connectivity index (χ2v) is 8.40. The zero-order chi connectivity index (χ0) is 26.1. The third kappa shape index (κ3) is 5.78. The summed E-state index contributed by atoms with van der Waals surface area (Å²) in [5.74, 6) is -4.48. The molecule has 0 unspecified atom stereocenters. The van der Waals surface area contributed by atoms with Crippen LogP contribution in [0.25, 0.3) is 11.0 Å². The number of anilines is 1. The number of fused-ring (bicyclic) bond motifs is 1. The highest BCUT2D eigenvalue weighted by Crippen LogP contribution is 2.37. The summed E-state index contributed by atoms with van der Waals surface area (Å²) in [6.07, 6.45) is -0.155. The molecule has 0 amide bonds. The molecule has 190 valence electrons. The number of aliphatic carboxylic acids is 1. The number of rotatable bonds is 4. The van der Waals surface area contributed by atoms with Gasteiger partial charge in [-0.25, -0.2) is 19.0 Å². The van der Waals surface area contributed by atoms with E-state index < -0.39 is 29.4 Å². The number of hydrogen-bond acceptors (Lipinski definition) is 6. The highest BCUT2D eigenvalue weighted by molar-refractivity contribution is 5.92. The molecule has 0 atom stereocenters. The smallest absolute Gasteiger partial charge is 0.477 e. The van der Waals surface area contributed by atoms with Crippen molar-refractivity contribution in [2.45, 2.75) is 44.8 Å². The van der Waals surface area contributed by atoms with Gasteiger partial charge in [0.05, 0.1) is 5.39 Å². The van der Waals surface area contributed by atoms with E-state index in [1.165, 1.54) is 11.8 Å². The zero-order valence-corrected chi connectivity index (χ0v) is 18.7. The maximum Gasteiger partial charge on any atom is 0.490 e. The van der Waals surface area contributed by atoms with E-state index >= 15 is 0 Å². The van der Waals surface area contributed by atoms with Crippen LogP contribution in [0.1, 0.15) is 49.0 Å². The number of aromatic carboxylic acids is 1. The molecule has 9 nitrogen and oxygen atoms in total. The van der Waals surface area contributed by atoms with Gasteiger partial charge in [0.1, 0.15) is 11.2 Å². The number of nitrogens with two attached hydrogens (primary N) is 1. The van der Waals surface area contributed by atoms with E-state index in [0.29, 0.717) is 25.3 Å². The summed E-state index contributed by atoms with van der Waals surface area (Å²) in [5, 5.41) is 16.5. The number of carbonyl (C=O) groups is 2. The molecule has 2 aromatic heterocycles. The maximum absolute atomic E-state index is 14.9. The molecule has 0 radical (unpaired) electrons. The first-order chi connectivity index (χ1) is 16.3. The van der Waals surface area contributed by atoms with Gasteiger partial charge in [-0.15, -0.1) is 0 Å². The molecule has 1 aliphatic heterocycles. The minimum Gasteiger partial charge on any atom is -0.477 e. The van der Waals surface area contributed by atoms with Crippen molar-refractivity contribution in [3.63, 3.8) is 0 Å². The Morgan fingerprint density at radius 1 is 1.26 bits per heavy atom. The average Bonchev–Trinajstić information content (AvgIpc) is 3.63. The molecule has 1 saturated heterocycles. The summed E-state index contributed by atoms with van der Waals surface area (Å²) >= 11 is 0. The summed E-state index contributed by atoms with van der Waals surface area (Å²) in [6, 6.07) is 1.24. The van der Waals surface area contributed by atoms with Gasteiger partial charge < -0.3 is 25.4 Å². The number of piperidine rings is 1. The summed E-state index contributed by atoms with van der Waals surface area (Å²) in [7, 11) is 0. The molecule has 2 aliphatic rings. The molecule has 3 heterocycles. The molecule has 2 aromatic rings. The van der Waals surface area contributed by atoms with Gasteiger partial charge >= 0.3 is 18.1 Å². The van der Waals surface area contributed by atoms with Crippen molar-refractivity contribution in [3.8, 4) is 0 Å². The molecule has 13 heteroatoms. The van der Waals surface area contributed by atoms with Gasteiger partial charge in [0.2, 0.25) is 5.43 Å². The predicted octanol–water partition coefficient (Wildman–Crippen LogP) is 3.08. The fraction of sp³-hybridized carbons (Fsp3) is 0.455. The van der Waals surface area contributed by atoms with Gasteiger partial charge in [-0.2, -0.15) is 13.2 Å². The molecule has 2 fully saturated rings. The lowest BCUT2D eigenvalue weighted by Crippen LogP contribution is -2.34. The van der Waals surface area contributed by atoms with Crippen LogP contribution in [0.5, 0.6) is 0 Å². The molecule has 4 N–H and O–H groups in total. The van der Waals surface area contributed by atoms with Crippen molar-refractivity contribution >= 4 is 28.8 Å². The Morgan fingerprint density at radius 2 is 1.89 bits per heavy atom. The third-order valence-electron chi connectivity index (χ3n) is 5.85. The highest BCUT2D eigenvalue weighted by Gasteiger charge is 2.38. The Bertz CT molecular complexity index is 1250. The van der Waals surface area contributed by atoms with Crippen LogP contribution in [0, 0.1) is 5.82 Å². The quantitative estimate of drug-likeness (QED) is 0.430. The Morgan fingerprint density at radius 3 is 2.40 bits per heavy atom. The first-order valence-corrected chi connectivity index (χ1v) is 10.8. The number of alkyl halides is 3. The average molecular weight is 500 g/mol. The summed E-state index contributed by atoms with van der Waals surface area (Å²) in [6.45, 7) is 3.67. The molecular weight excluding hydrogens is 476 g/mol. The Kier molecular flexibility index (Phi) is 7.48. The fourth-order valence-electron chi connectivity index (χ4n) is 3.79. The first kappa shape index (κ1) is 26.1. The monoisotopic (exact) mass is 500 g/mol. The predicted molar refractivity (Wildman–Crippen MR) is 118 cm³/mol. The molecule has 0 spiro atoms. The van der Waals surface area contributed by atoms with E-state index in [9.17, 15) is 32.3 Å². The van der Waals surface area contributed by atoms with Crippen LogP contribution in [-0.2, 0) is 4.79 Å². The second kappa shape index (κ2) is 10.0. The number of aromatic nitrogens is 2. The van der Waals surface area contributed by atoms with Crippen LogP contribution in [0.15, 0.2) is 28.2 Å². The lowest BCUT2D eigenvalue weighted by atomic mass is 9.99. The van der Waals surface area contributed by atoms with Crippen molar-refractivity contribution < 1.29 is 37.4 Å². The largest absolute Gasteiger partial charge is 0.490 e. The Balaban J connectivity index is 0.000000429. The van der Waals surface area contributed by atoms with Gasteiger partial charge in [0, 0.05) is 31.9 Å². The molecule has 0 bridgehead atoms. The normalized spacial score (nSPS) is 17.6. The molecule has 35 heavy (non-hydrogen) atoms. The van der Waals surface area contributed by atoms with Crippen molar-refractivity contribution in [3.05, 3.63) is 45.0 Å². The maximum atomic E-state index is 14.9. The Hall–Kier alpha value is -3.48. The third-order valence-corrected chi connectivity index (χ3v) is 5.85.